The highest BCUT2D eigenvalue weighted by atomic mass is 29.9. The molecule has 2 atom stereocenters. The number of halogens is 1. The van der Waals surface area contributed by atoms with Crippen LogP contribution in [0.5, 0.6) is 0 Å². The van der Waals surface area contributed by atoms with Gasteiger partial charge in [0.1, 0.15) is 6.10 Å². The number of carbonyl (C=O) groups is 2. The molecule has 0 amide bonds. The van der Waals surface area contributed by atoms with Crippen molar-refractivity contribution in [2.45, 2.75) is 71.2 Å². The molecule has 0 aliphatic heterocycles. The lowest BCUT2D eigenvalue weighted by molar-refractivity contribution is 0.0596. The van der Waals surface area contributed by atoms with Gasteiger partial charge in [0.25, 0.3) is 0 Å². The molecule has 2 unspecified atom stereocenters. The summed E-state index contributed by atoms with van der Waals surface area (Å²) in [5, 5.41) is 0. The third-order valence-electron chi connectivity index (χ3n) is 6.71. The topological polar surface area (TPSA) is 52.6 Å². The fourth-order valence-electron chi connectivity index (χ4n) is 6.22. The summed E-state index contributed by atoms with van der Waals surface area (Å²) in [5.41, 5.74) is 1.30. The number of carbonyl (C=O) groups excluding carboxylic acids is 2. The Hall–Kier alpha value is -1.66. The Bertz CT molecular complexity index is 987. The number of esters is 1. The van der Waals surface area contributed by atoms with Crippen molar-refractivity contribution in [1.82, 2.24) is 0 Å². The Balaban J connectivity index is 2.72. The minimum absolute atomic E-state index is 0.334. The summed E-state index contributed by atoms with van der Waals surface area (Å²) in [7, 11) is -4.40. The first-order valence-electron chi connectivity index (χ1n) is 12.1. The number of Topliss-reactive ketones (excluding diaryl/α,β-unsaturated/α-hetero) is 1. The second-order valence-electron chi connectivity index (χ2n) is 12.2. The van der Waals surface area contributed by atoms with E-state index >= 15 is 4.39 Å². The van der Waals surface area contributed by atoms with Crippen LogP contribution in [0, 0.1) is 0 Å². The lowest BCUT2D eigenvalue weighted by atomic mass is 9.97. The first-order chi connectivity index (χ1) is 16.0. The Kier molecular flexibility index (Phi) is 9.09. The Morgan fingerprint density at radius 3 is 1.57 bits per heavy atom. The van der Waals surface area contributed by atoms with Gasteiger partial charge < -0.3 is 9.16 Å². The van der Waals surface area contributed by atoms with Crippen LogP contribution in [0.4, 0.5) is 4.39 Å². The van der Waals surface area contributed by atoms with Crippen LogP contribution in [0.2, 0.25) is 58.9 Å². The van der Waals surface area contributed by atoms with Crippen LogP contribution in [0.25, 0.3) is 0 Å². The van der Waals surface area contributed by atoms with E-state index in [4.69, 9.17) is 9.16 Å². The summed E-state index contributed by atoms with van der Waals surface area (Å²) in [6.45, 7) is 18.8. The van der Waals surface area contributed by atoms with Gasteiger partial charge in [0, 0.05) is 5.56 Å². The van der Waals surface area contributed by atoms with Gasteiger partial charge in [-0.25, -0.2) is 9.18 Å². The molecule has 2 rings (SSSR count). The van der Waals surface area contributed by atoms with E-state index in [1.807, 2.05) is 6.07 Å². The molecule has 0 spiro atoms. The van der Waals surface area contributed by atoms with Crippen LogP contribution in [0.1, 0.15) is 32.4 Å². The molecule has 0 radical (unpaired) electrons. The number of rotatable bonds is 10. The number of hydrogen-bond donors (Lipinski definition) is 0. The fraction of sp³-hybridized carbons (Fsp3) is 0.462. The van der Waals surface area contributed by atoms with Crippen molar-refractivity contribution in [3.63, 3.8) is 0 Å². The number of methoxy groups -OCH3 is 1. The van der Waals surface area contributed by atoms with Gasteiger partial charge in [0.05, 0.1) is 35.4 Å². The van der Waals surface area contributed by atoms with Crippen LogP contribution < -0.4 is 0 Å². The predicted octanol–water partition coefficient (Wildman–Crippen LogP) is 6.95. The smallest absolute Gasteiger partial charge is 0.337 e. The van der Waals surface area contributed by atoms with E-state index in [1.165, 1.54) is 7.11 Å². The van der Waals surface area contributed by atoms with Crippen LogP contribution >= 0.6 is 0 Å². The van der Waals surface area contributed by atoms with Gasteiger partial charge in [-0.1, -0.05) is 101 Å². The molecule has 0 bridgehead atoms. The fourth-order valence-corrected chi connectivity index (χ4v) is 100.0. The maximum Gasteiger partial charge on any atom is 0.337 e. The highest BCUT2D eigenvalue weighted by Gasteiger charge is 2.65. The van der Waals surface area contributed by atoms with Crippen LogP contribution in [0.15, 0.2) is 54.6 Å². The number of benzene rings is 2. The number of ether oxygens (including phenoxy) is 1. The van der Waals surface area contributed by atoms with Gasteiger partial charge in [-0.05, 0) is 17.7 Å². The number of alkyl halides is 1. The van der Waals surface area contributed by atoms with E-state index in [0.717, 1.165) is 0 Å². The van der Waals surface area contributed by atoms with E-state index in [2.05, 4.69) is 58.9 Å². The largest absolute Gasteiger partial charge is 0.465 e. The molecular weight excluding hydrogens is 508 g/mol. The SMILES string of the molecule is COC(=O)c1ccc(C(O[Si]([Si](C)(C)C)([Si](C)(C)C)[Si](C)(C)C)C(F)C(=O)c2ccccc2)cc1. The van der Waals surface area contributed by atoms with E-state index in [9.17, 15) is 9.59 Å². The van der Waals surface area contributed by atoms with Crippen molar-refractivity contribution < 1.29 is 23.1 Å². The van der Waals surface area contributed by atoms with Gasteiger partial charge in [0.15, 0.2) is 18.8 Å². The predicted molar refractivity (Wildman–Crippen MR) is 153 cm³/mol. The molecule has 0 saturated heterocycles. The molecule has 9 heteroatoms. The van der Waals surface area contributed by atoms with Crippen LogP contribution in [0.3, 0.4) is 0 Å². The summed E-state index contributed by atoms with van der Waals surface area (Å²) in [6.07, 6.45) is -2.87. The zero-order chi connectivity index (χ0) is 26.8. The number of ketones is 1. The second-order valence-corrected chi connectivity index (χ2v) is 51.7. The van der Waals surface area contributed by atoms with Crippen LogP contribution in [-0.2, 0) is 9.16 Å². The van der Waals surface area contributed by atoms with Crippen molar-refractivity contribution in [2.75, 3.05) is 7.11 Å². The summed E-state index contributed by atoms with van der Waals surface area (Å²) in [5.74, 6) is -1.03. The highest BCUT2D eigenvalue weighted by molar-refractivity contribution is 7.87. The summed E-state index contributed by atoms with van der Waals surface area (Å²) >= 11 is 0. The number of hydrogen-bond acceptors (Lipinski definition) is 4. The van der Waals surface area contributed by atoms with Gasteiger partial charge in [0.2, 0.25) is 0 Å². The lowest BCUT2D eigenvalue weighted by Gasteiger charge is -2.57. The van der Waals surface area contributed by atoms with Gasteiger partial charge in [-0.15, -0.1) is 0 Å². The van der Waals surface area contributed by atoms with Gasteiger partial charge in [-0.3, -0.25) is 4.79 Å². The molecule has 0 aliphatic carbocycles. The average molecular weight is 549 g/mol. The Morgan fingerprint density at radius 2 is 1.17 bits per heavy atom. The molecule has 35 heavy (non-hydrogen) atoms. The van der Waals surface area contributed by atoms with E-state index in [1.54, 1.807) is 48.5 Å². The van der Waals surface area contributed by atoms with Gasteiger partial charge in [-0.2, -0.15) is 0 Å². The first kappa shape index (κ1) is 29.6. The zero-order valence-electron chi connectivity index (χ0n) is 22.9. The third kappa shape index (κ3) is 6.02. The Morgan fingerprint density at radius 1 is 0.714 bits per heavy atom. The monoisotopic (exact) mass is 548 g/mol. The Labute approximate surface area is 213 Å². The molecule has 2 aromatic rings. The highest BCUT2D eigenvalue weighted by Crippen LogP contribution is 2.43. The molecule has 4 nitrogen and oxygen atoms in total. The average Bonchev–Trinajstić information content (AvgIpc) is 2.76. The van der Waals surface area contributed by atoms with Gasteiger partial charge >= 0.3 is 5.97 Å². The normalized spacial score (nSPS) is 14.8. The minimum atomic E-state index is -2.47. The molecule has 0 saturated carbocycles. The van der Waals surface area contributed by atoms with Crippen molar-refractivity contribution >= 4 is 41.4 Å². The minimum Gasteiger partial charge on any atom is -0.465 e. The van der Waals surface area contributed by atoms with Crippen molar-refractivity contribution in [3.8, 4) is 0 Å². The van der Waals surface area contributed by atoms with Crippen molar-refractivity contribution in [2.24, 2.45) is 0 Å². The summed E-state index contributed by atoms with van der Waals surface area (Å²) in [6, 6.07) is 15.2. The van der Waals surface area contributed by atoms with Crippen LogP contribution in [-0.4, -0.2) is 54.7 Å². The molecular formula is C26H41FO4Si4. The molecule has 0 heterocycles. The second kappa shape index (κ2) is 10.8. The van der Waals surface area contributed by atoms with E-state index < -0.39 is 53.7 Å². The lowest BCUT2D eigenvalue weighted by Crippen LogP contribution is -2.84. The maximum absolute atomic E-state index is 16.4. The van der Waals surface area contributed by atoms with Crippen molar-refractivity contribution in [1.29, 1.82) is 0 Å². The van der Waals surface area contributed by atoms with E-state index in [-0.39, 0.29) is 0 Å². The van der Waals surface area contributed by atoms with E-state index in [0.29, 0.717) is 16.7 Å². The summed E-state index contributed by atoms with van der Waals surface area (Å²) < 4.78 is 28.4. The standard InChI is InChI=1S/C26H41FO4Si4/c1-30-26(29)22-18-16-21(17-19-22)25(23(27)24(28)20-14-12-11-13-15-20)31-35(32(2,3)4,33(5,6)7)34(8,9)10/h11-19,23,25H,1-10H3. The zero-order valence-corrected chi connectivity index (χ0v) is 26.9. The molecule has 0 aromatic heterocycles. The molecule has 0 fully saturated rings. The quantitative estimate of drug-likeness (QED) is 0.183. The summed E-state index contributed by atoms with van der Waals surface area (Å²) in [4.78, 5) is 25.3. The molecule has 192 valence electrons. The first-order valence-corrected chi connectivity index (χ1v) is 27.5. The molecule has 2 aromatic carbocycles. The molecule has 0 N–H and O–H groups in total. The third-order valence-corrected chi connectivity index (χ3v) is 74.2. The maximum atomic E-state index is 16.4. The van der Waals surface area contributed by atoms with Crippen molar-refractivity contribution in [3.05, 3.63) is 71.3 Å². The molecule has 0 aliphatic rings.